The third kappa shape index (κ3) is 2.12. The Labute approximate surface area is 118 Å². The van der Waals surface area contributed by atoms with Crippen molar-refractivity contribution in [1.29, 1.82) is 0 Å². The van der Waals surface area contributed by atoms with Crippen molar-refractivity contribution in [3.05, 3.63) is 36.0 Å². The van der Waals surface area contributed by atoms with E-state index in [9.17, 15) is 14.7 Å². The van der Waals surface area contributed by atoms with Crippen molar-refractivity contribution in [2.45, 2.75) is 18.4 Å². The molecule has 1 aliphatic rings. The number of nitrogens with one attached hydrogen (secondary N) is 1. The first-order valence-corrected chi connectivity index (χ1v) is 6.28. The zero-order valence-electron chi connectivity index (χ0n) is 10.9. The first kappa shape index (κ1) is 13.2. The highest BCUT2D eigenvalue weighted by Crippen LogP contribution is 2.31. The van der Waals surface area contributed by atoms with Gasteiger partial charge in [-0.3, -0.25) is 0 Å². The van der Waals surface area contributed by atoms with Crippen LogP contribution in [0.3, 0.4) is 0 Å². The molecule has 21 heavy (non-hydrogen) atoms. The summed E-state index contributed by atoms with van der Waals surface area (Å²) in [7, 11) is 0. The summed E-state index contributed by atoms with van der Waals surface area (Å²) in [6.45, 7) is 0. The van der Waals surface area contributed by atoms with Crippen molar-refractivity contribution in [3.8, 4) is 0 Å². The molecule has 0 spiro atoms. The molecule has 1 aromatic carbocycles. The standard InChI is InChI=1S/C14H12N2O5/c17-12(18)11-6-14(13(19)20,21-16-11)5-8-7-15-10-4-2-1-3-9(8)10/h1-4,7,15H,5-6H2,(H,17,18)(H,19,20)/t14-/m1/s1. The third-order valence-corrected chi connectivity index (χ3v) is 3.57. The summed E-state index contributed by atoms with van der Waals surface area (Å²) >= 11 is 0. The minimum absolute atomic E-state index is 0.0344. The number of hydrogen-bond acceptors (Lipinski definition) is 4. The monoisotopic (exact) mass is 288 g/mol. The van der Waals surface area contributed by atoms with Gasteiger partial charge >= 0.3 is 11.9 Å². The summed E-state index contributed by atoms with van der Waals surface area (Å²) in [6.07, 6.45) is 1.47. The molecule has 7 heteroatoms. The number of carboxylic acids is 2. The highest BCUT2D eigenvalue weighted by Gasteiger charge is 2.49. The van der Waals surface area contributed by atoms with Crippen molar-refractivity contribution in [1.82, 2.24) is 4.98 Å². The quantitative estimate of drug-likeness (QED) is 0.787. The summed E-state index contributed by atoms with van der Waals surface area (Å²) in [5, 5.41) is 22.6. The molecule has 0 saturated heterocycles. The van der Waals surface area contributed by atoms with Gasteiger partial charge in [-0.1, -0.05) is 23.4 Å². The maximum atomic E-state index is 11.6. The Bertz CT molecular complexity index is 764. The Morgan fingerprint density at radius 3 is 2.76 bits per heavy atom. The van der Waals surface area contributed by atoms with Gasteiger partial charge in [0, 0.05) is 23.5 Å². The molecule has 3 rings (SSSR count). The molecule has 7 nitrogen and oxygen atoms in total. The van der Waals surface area contributed by atoms with Gasteiger partial charge in [-0.2, -0.15) is 0 Å². The van der Waals surface area contributed by atoms with Gasteiger partial charge in [0.1, 0.15) is 0 Å². The van der Waals surface area contributed by atoms with E-state index in [2.05, 4.69) is 10.1 Å². The van der Waals surface area contributed by atoms with Gasteiger partial charge in [-0.25, -0.2) is 9.59 Å². The fourth-order valence-corrected chi connectivity index (χ4v) is 2.46. The number of H-pyrrole nitrogens is 1. The fraction of sp³-hybridized carbons (Fsp3) is 0.214. The smallest absolute Gasteiger partial charge is 0.353 e. The van der Waals surface area contributed by atoms with Crippen molar-refractivity contribution in [2.75, 3.05) is 0 Å². The van der Waals surface area contributed by atoms with E-state index in [0.717, 1.165) is 16.5 Å². The average Bonchev–Trinajstić information content (AvgIpc) is 3.05. The van der Waals surface area contributed by atoms with Crippen LogP contribution >= 0.6 is 0 Å². The lowest BCUT2D eigenvalue weighted by molar-refractivity contribution is -0.162. The van der Waals surface area contributed by atoms with Crippen LogP contribution in [-0.4, -0.2) is 38.4 Å². The second-order valence-electron chi connectivity index (χ2n) is 4.95. The number of aliphatic carboxylic acids is 2. The van der Waals surface area contributed by atoms with Gasteiger partial charge in [0.15, 0.2) is 5.71 Å². The third-order valence-electron chi connectivity index (χ3n) is 3.57. The van der Waals surface area contributed by atoms with E-state index in [1.807, 2.05) is 24.3 Å². The first-order chi connectivity index (χ1) is 10.0. The Hall–Kier alpha value is -2.83. The molecule has 108 valence electrons. The van der Waals surface area contributed by atoms with Gasteiger partial charge in [0.05, 0.1) is 6.42 Å². The zero-order valence-corrected chi connectivity index (χ0v) is 10.9. The molecule has 0 bridgehead atoms. The maximum Gasteiger partial charge on any atom is 0.353 e. The van der Waals surface area contributed by atoms with Gasteiger partial charge in [-0.15, -0.1) is 0 Å². The molecule has 0 aliphatic carbocycles. The van der Waals surface area contributed by atoms with Crippen molar-refractivity contribution in [3.63, 3.8) is 0 Å². The predicted molar refractivity (Wildman–Crippen MR) is 73.1 cm³/mol. The van der Waals surface area contributed by atoms with Gasteiger partial charge in [0.25, 0.3) is 0 Å². The van der Waals surface area contributed by atoms with Crippen LogP contribution in [0.25, 0.3) is 10.9 Å². The molecule has 0 radical (unpaired) electrons. The number of oxime groups is 1. The normalized spacial score (nSPS) is 21.0. The van der Waals surface area contributed by atoms with Crippen LogP contribution < -0.4 is 0 Å². The molecule has 1 aliphatic heterocycles. The van der Waals surface area contributed by atoms with Crippen LogP contribution in [0.15, 0.2) is 35.6 Å². The van der Waals surface area contributed by atoms with Crippen LogP contribution in [0, 0.1) is 0 Å². The van der Waals surface area contributed by atoms with Crippen molar-refractivity contribution >= 4 is 28.6 Å². The fourth-order valence-electron chi connectivity index (χ4n) is 2.46. The summed E-state index contributed by atoms with van der Waals surface area (Å²) < 4.78 is 0. The molecule has 0 unspecified atom stereocenters. The molecule has 1 aromatic heterocycles. The molecule has 0 fully saturated rings. The van der Waals surface area contributed by atoms with E-state index >= 15 is 0 Å². The lowest BCUT2D eigenvalue weighted by Crippen LogP contribution is -2.41. The molecule has 2 aromatic rings. The summed E-state index contributed by atoms with van der Waals surface area (Å²) in [6, 6.07) is 7.46. The summed E-state index contributed by atoms with van der Waals surface area (Å²) in [5.41, 5.74) is -0.323. The first-order valence-electron chi connectivity index (χ1n) is 6.28. The number of aromatic nitrogens is 1. The van der Waals surface area contributed by atoms with Crippen molar-refractivity contribution in [2.24, 2.45) is 5.16 Å². The van der Waals surface area contributed by atoms with Crippen LogP contribution in [-0.2, 0) is 20.8 Å². The Morgan fingerprint density at radius 1 is 1.33 bits per heavy atom. The molecule has 1 atom stereocenters. The van der Waals surface area contributed by atoms with E-state index in [-0.39, 0.29) is 18.6 Å². The zero-order chi connectivity index (χ0) is 15.0. The maximum absolute atomic E-state index is 11.6. The molecule has 3 N–H and O–H groups in total. The number of nitrogens with zero attached hydrogens (tertiary/aromatic N) is 1. The van der Waals surface area contributed by atoms with Gasteiger partial charge in [0.2, 0.25) is 5.60 Å². The number of para-hydroxylation sites is 1. The van der Waals surface area contributed by atoms with E-state index < -0.39 is 17.5 Å². The minimum Gasteiger partial charge on any atom is -0.478 e. The number of fused-ring (bicyclic) bond motifs is 1. The van der Waals surface area contributed by atoms with E-state index in [4.69, 9.17) is 9.94 Å². The molecule has 0 amide bonds. The number of hydrogen-bond donors (Lipinski definition) is 3. The molecular weight excluding hydrogens is 276 g/mol. The highest BCUT2D eigenvalue weighted by molar-refractivity contribution is 6.36. The van der Waals surface area contributed by atoms with E-state index in [1.165, 1.54) is 0 Å². The summed E-state index contributed by atoms with van der Waals surface area (Å²) in [4.78, 5) is 30.5. The van der Waals surface area contributed by atoms with Crippen molar-refractivity contribution < 1.29 is 24.6 Å². The van der Waals surface area contributed by atoms with Crippen LogP contribution in [0.5, 0.6) is 0 Å². The number of benzene rings is 1. The van der Waals surface area contributed by atoms with Crippen LogP contribution in [0.1, 0.15) is 12.0 Å². The minimum atomic E-state index is -1.67. The number of carbonyl (C=O) groups is 2. The number of aromatic amines is 1. The Balaban J connectivity index is 1.94. The SMILES string of the molecule is O=C(O)C1=NO[C@@](Cc2c[nH]c3ccccc23)(C(=O)O)C1. The van der Waals surface area contributed by atoms with E-state index in [0.29, 0.717) is 0 Å². The predicted octanol–water partition coefficient (Wildman–Crippen LogP) is 1.39. The number of rotatable bonds is 4. The summed E-state index contributed by atoms with van der Waals surface area (Å²) in [5.74, 6) is -2.50. The second kappa shape index (κ2) is 4.62. The van der Waals surface area contributed by atoms with Crippen LogP contribution in [0.2, 0.25) is 0 Å². The Morgan fingerprint density at radius 2 is 2.10 bits per heavy atom. The van der Waals surface area contributed by atoms with Gasteiger partial charge < -0.3 is 20.0 Å². The molecular formula is C14H12N2O5. The molecule has 2 heterocycles. The lowest BCUT2D eigenvalue weighted by Gasteiger charge is -2.20. The lowest BCUT2D eigenvalue weighted by atomic mass is 9.89. The van der Waals surface area contributed by atoms with Crippen LogP contribution in [0.4, 0.5) is 0 Å². The van der Waals surface area contributed by atoms with E-state index in [1.54, 1.807) is 6.20 Å². The van der Waals surface area contributed by atoms with Gasteiger partial charge in [-0.05, 0) is 11.6 Å². The average molecular weight is 288 g/mol. The largest absolute Gasteiger partial charge is 0.478 e. The Kier molecular flexibility index (Phi) is 2.90. The second-order valence-corrected chi connectivity index (χ2v) is 4.95. The molecule has 0 saturated carbocycles. The highest BCUT2D eigenvalue weighted by atomic mass is 16.7. The topological polar surface area (TPSA) is 112 Å². The number of carboxylic acid groups (broad SMARTS) is 2.